The molecule has 0 N–H and O–H groups in total. The van der Waals surface area contributed by atoms with E-state index in [1.54, 1.807) is 0 Å². The molecular weight excluding hydrogens is 280 g/mol. The molecule has 1 saturated heterocycles. The van der Waals surface area contributed by atoms with E-state index >= 15 is 0 Å². The van der Waals surface area contributed by atoms with Crippen molar-refractivity contribution < 1.29 is 0 Å². The highest BCUT2D eigenvalue weighted by molar-refractivity contribution is 9.10. The molecule has 90 valence electrons. The molecular formula is C12H15BrN4. The number of aromatic nitrogens is 3. The molecule has 0 atom stereocenters. The summed E-state index contributed by atoms with van der Waals surface area (Å²) in [5, 5.41) is 8.49. The van der Waals surface area contributed by atoms with E-state index in [2.05, 4.69) is 35.4 Å². The molecule has 1 aliphatic rings. The summed E-state index contributed by atoms with van der Waals surface area (Å²) >= 11 is 3.56. The first-order valence-corrected chi connectivity index (χ1v) is 6.85. The van der Waals surface area contributed by atoms with Crippen molar-refractivity contribution >= 4 is 21.6 Å². The van der Waals surface area contributed by atoms with Gasteiger partial charge in [0.1, 0.15) is 0 Å². The van der Waals surface area contributed by atoms with Crippen molar-refractivity contribution in [1.29, 1.82) is 0 Å². The number of hydrogen-bond donors (Lipinski definition) is 0. The zero-order valence-electron chi connectivity index (χ0n) is 9.64. The van der Waals surface area contributed by atoms with Crippen molar-refractivity contribution in [2.45, 2.75) is 25.8 Å². The summed E-state index contributed by atoms with van der Waals surface area (Å²) < 4.78 is 3.10. The fourth-order valence-corrected chi connectivity index (χ4v) is 2.92. The lowest BCUT2D eigenvalue weighted by atomic mass is 10.1. The minimum Gasteiger partial charge on any atom is -0.296 e. The van der Waals surface area contributed by atoms with Gasteiger partial charge in [0.15, 0.2) is 11.5 Å². The fourth-order valence-electron chi connectivity index (χ4n) is 2.38. The van der Waals surface area contributed by atoms with E-state index in [0.29, 0.717) is 0 Å². The van der Waals surface area contributed by atoms with Gasteiger partial charge in [-0.2, -0.15) is 0 Å². The predicted molar refractivity (Wildman–Crippen MR) is 69.8 cm³/mol. The topological polar surface area (TPSA) is 33.4 Å². The summed E-state index contributed by atoms with van der Waals surface area (Å²) in [6, 6.07) is 5.99. The minimum absolute atomic E-state index is 0.893. The van der Waals surface area contributed by atoms with Crippen molar-refractivity contribution in [3.63, 3.8) is 0 Å². The van der Waals surface area contributed by atoms with Gasteiger partial charge in [0, 0.05) is 0 Å². The largest absolute Gasteiger partial charge is 0.296 e. The Balaban J connectivity index is 1.89. The predicted octanol–water partition coefficient (Wildman–Crippen LogP) is 2.48. The maximum atomic E-state index is 4.29. The van der Waals surface area contributed by atoms with Crippen molar-refractivity contribution in [2.75, 3.05) is 13.1 Å². The van der Waals surface area contributed by atoms with Crippen molar-refractivity contribution in [3.8, 4) is 0 Å². The molecule has 0 spiro atoms. The lowest BCUT2D eigenvalue weighted by Gasteiger charge is -2.25. The van der Waals surface area contributed by atoms with Gasteiger partial charge in [-0.1, -0.05) is 12.5 Å². The zero-order valence-corrected chi connectivity index (χ0v) is 11.2. The van der Waals surface area contributed by atoms with Gasteiger partial charge in [-0.25, -0.2) is 0 Å². The summed E-state index contributed by atoms with van der Waals surface area (Å²) in [5.41, 5.74) is 0.909. The molecule has 4 nitrogen and oxygen atoms in total. The van der Waals surface area contributed by atoms with Crippen LogP contribution in [0.1, 0.15) is 25.1 Å². The van der Waals surface area contributed by atoms with Gasteiger partial charge in [0.05, 0.1) is 11.1 Å². The van der Waals surface area contributed by atoms with Gasteiger partial charge in [0.2, 0.25) is 0 Å². The minimum atomic E-state index is 0.893. The van der Waals surface area contributed by atoms with Crippen LogP contribution in [0.15, 0.2) is 22.8 Å². The third kappa shape index (κ3) is 2.21. The average Bonchev–Trinajstić information content (AvgIpc) is 2.75. The molecule has 3 rings (SSSR count). The molecule has 0 aliphatic carbocycles. The lowest BCUT2D eigenvalue weighted by molar-refractivity contribution is 0.215. The number of halogens is 1. The Labute approximate surface area is 109 Å². The van der Waals surface area contributed by atoms with Crippen LogP contribution in [0.3, 0.4) is 0 Å². The van der Waals surface area contributed by atoms with E-state index < -0.39 is 0 Å². The molecule has 1 aliphatic heterocycles. The Bertz CT molecular complexity index is 516. The molecule has 0 aromatic carbocycles. The summed E-state index contributed by atoms with van der Waals surface area (Å²) in [6.45, 7) is 3.25. The molecule has 2 aromatic heterocycles. The van der Waals surface area contributed by atoms with Gasteiger partial charge < -0.3 is 0 Å². The monoisotopic (exact) mass is 294 g/mol. The number of nitrogens with zero attached hydrogens (tertiary/aromatic N) is 4. The number of fused-ring (bicyclic) bond motifs is 1. The van der Waals surface area contributed by atoms with Crippen LogP contribution in [-0.4, -0.2) is 32.6 Å². The quantitative estimate of drug-likeness (QED) is 0.798. The Morgan fingerprint density at radius 2 is 1.94 bits per heavy atom. The Kier molecular flexibility index (Phi) is 3.11. The Morgan fingerprint density at radius 1 is 1.12 bits per heavy atom. The lowest BCUT2D eigenvalue weighted by Crippen LogP contribution is -2.30. The van der Waals surface area contributed by atoms with Gasteiger partial charge in [-0.05, 0) is 54.0 Å². The molecule has 3 heterocycles. The average molecular weight is 295 g/mol. The highest BCUT2D eigenvalue weighted by Gasteiger charge is 2.14. The van der Waals surface area contributed by atoms with Crippen LogP contribution in [0.5, 0.6) is 0 Å². The Hall–Kier alpha value is -0.940. The SMILES string of the molecule is Brc1cccc2nnc(CN3CCCCC3)n12. The van der Waals surface area contributed by atoms with Gasteiger partial charge in [-0.3, -0.25) is 9.30 Å². The Morgan fingerprint density at radius 3 is 2.76 bits per heavy atom. The second-order valence-electron chi connectivity index (χ2n) is 4.50. The molecule has 0 radical (unpaired) electrons. The summed E-state index contributed by atoms with van der Waals surface area (Å²) in [7, 11) is 0. The maximum Gasteiger partial charge on any atom is 0.161 e. The van der Waals surface area contributed by atoms with E-state index in [4.69, 9.17) is 0 Å². The standard InChI is InChI=1S/C12H15BrN4/c13-10-5-4-6-11-14-15-12(17(10)11)9-16-7-2-1-3-8-16/h4-6H,1-3,7-9H2. The second-order valence-corrected chi connectivity index (χ2v) is 5.31. The molecule has 2 aromatic rings. The highest BCUT2D eigenvalue weighted by atomic mass is 79.9. The number of pyridine rings is 1. The molecule has 5 heteroatoms. The molecule has 0 saturated carbocycles. The highest BCUT2D eigenvalue weighted by Crippen LogP contribution is 2.17. The molecule has 17 heavy (non-hydrogen) atoms. The van der Waals surface area contributed by atoms with Crippen LogP contribution < -0.4 is 0 Å². The number of rotatable bonds is 2. The zero-order chi connectivity index (χ0) is 11.7. The molecule has 0 bridgehead atoms. The van der Waals surface area contributed by atoms with Crippen LogP contribution in [-0.2, 0) is 6.54 Å². The van der Waals surface area contributed by atoms with Gasteiger partial charge in [-0.15, -0.1) is 10.2 Å². The van der Waals surface area contributed by atoms with Crippen LogP contribution in [0.4, 0.5) is 0 Å². The first kappa shape index (κ1) is 11.2. The fraction of sp³-hybridized carbons (Fsp3) is 0.500. The van der Waals surface area contributed by atoms with E-state index in [9.17, 15) is 0 Å². The van der Waals surface area contributed by atoms with Gasteiger partial charge >= 0.3 is 0 Å². The van der Waals surface area contributed by atoms with Crippen LogP contribution >= 0.6 is 15.9 Å². The van der Waals surface area contributed by atoms with E-state index in [1.165, 1.54) is 32.4 Å². The summed E-state index contributed by atoms with van der Waals surface area (Å²) in [6.07, 6.45) is 3.97. The van der Waals surface area contributed by atoms with Crippen LogP contribution in [0.2, 0.25) is 0 Å². The van der Waals surface area contributed by atoms with E-state index in [-0.39, 0.29) is 0 Å². The normalized spacial score (nSPS) is 17.7. The third-order valence-corrected chi connectivity index (χ3v) is 3.88. The first-order valence-electron chi connectivity index (χ1n) is 6.05. The van der Waals surface area contributed by atoms with E-state index in [1.807, 2.05) is 18.2 Å². The molecule has 0 unspecified atom stereocenters. The van der Waals surface area contributed by atoms with Gasteiger partial charge in [0.25, 0.3) is 0 Å². The second kappa shape index (κ2) is 4.74. The van der Waals surface area contributed by atoms with Crippen molar-refractivity contribution in [2.24, 2.45) is 0 Å². The number of likely N-dealkylation sites (tertiary alicyclic amines) is 1. The first-order chi connectivity index (χ1) is 8.34. The molecule has 1 fully saturated rings. The smallest absolute Gasteiger partial charge is 0.161 e. The number of piperidine rings is 1. The summed E-state index contributed by atoms with van der Waals surface area (Å²) in [4.78, 5) is 2.46. The third-order valence-electron chi connectivity index (χ3n) is 3.26. The van der Waals surface area contributed by atoms with Crippen LogP contribution in [0.25, 0.3) is 5.65 Å². The van der Waals surface area contributed by atoms with Crippen LogP contribution in [0, 0.1) is 0 Å². The summed E-state index contributed by atoms with van der Waals surface area (Å²) in [5.74, 6) is 1.02. The number of hydrogen-bond acceptors (Lipinski definition) is 3. The maximum absolute atomic E-state index is 4.29. The molecule has 0 amide bonds. The van der Waals surface area contributed by atoms with Crippen molar-refractivity contribution in [1.82, 2.24) is 19.5 Å². The van der Waals surface area contributed by atoms with Crippen molar-refractivity contribution in [3.05, 3.63) is 28.6 Å². The van der Waals surface area contributed by atoms with E-state index in [0.717, 1.165) is 22.6 Å².